The second-order valence-electron chi connectivity index (χ2n) is 7.73. The van der Waals surface area contributed by atoms with E-state index in [2.05, 4.69) is 35.4 Å². The van der Waals surface area contributed by atoms with Crippen molar-refractivity contribution in [2.75, 3.05) is 43.4 Å². The third-order valence-electron chi connectivity index (χ3n) is 5.55. The van der Waals surface area contributed by atoms with Gasteiger partial charge in [0.15, 0.2) is 0 Å². The number of rotatable bonds is 6. The van der Waals surface area contributed by atoms with Crippen LogP contribution in [0.3, 0.4) is 0 Å². The number of aromatic amines is 1. The number of pyridine rings is 2. The number of aromatic nitrogens is 3. The Kier molecular flexibility index (Phi) is 6.46. The quantitative estimate of drug-likeness (QED) is 0.549. The van der Waals surface area contributed by atoms with Gasteiger partial charge in [0.1, 0.15) is 17.2 Å². The molecule has 4 heterocycles. The number of H-pyrrole nitrogens is 1. The van der Waals surface area contributed by atoms with Crippen LogP contribution in [0.15, 0.2) is 48.8 Å². The number of carbonyl (C=O) groups excluding carboxylic acids is 2. The minimum Gasteiger partial charge on any atom is -0.368 e. The fourth-order valence-electron chi connectivity index (χ4n) is 3.84. The number of aryl methyl sites for hydroxylation is 1. The monoisotopic (exact) mass is 433 g/mol. The maximum Gasteiger partial charge on any atom is 0.273 e. The molecule has 1 aliphatic rings. The van der Waals surface area contributed by atoms with Gasteiger partial charge in [0.05, 0.1) is 11.4 Å². The van der Waals surface area contributed by atoms with Crippen molar-refractivity contribution in [3.63, 3.8) is 0 Å². The van der Waals surface area contributed by atoms with Crippen molar-refractivity contribution in [3.05, 3.63) is 71.4 Å². The number of carbonyl (C=O) groups is 2. The molecule has 2 amide bonds. The minimum atomic E-state index is -0.209. The highest BCUT2D eigenvalue weighted by Gasteiger charge is 2.20. The first-order chi connectivity index (χ1) is 15.5. The maximum absolute atomic E-state index is 12.2. The standard InChI is InChI=1S/C23H27N7O2/c1-16-20(6-5-19(27-16)22(31)24-2)30-12-10-29(11-13-30)15-17-7-9-26-21(14-17)28-23(32)18-4-3-8-25-18/h3-9,14,25H,10-13,15H2,1-2H3,(H,24,31)(H,26,28,32). The molecule has 4 rings (SSSR count). The fraction of sp³-hybridized carbons (Fsp3) is 0.304. The summed E-state index contributed by atoms with van der Waals surface area (Å²) in [6.45, 7) is 6.29. The molecule has 32 heavy (non-hydrogen) atoms. The lowest BCUT2D eigenvalue weighted by Crippen LogP contribution is -2.46. The molecule has 0 bridgehead atoms. The average Bonchev–Trinajstić information content (AvgIpc) is 3.35. The summed E-state index contributed by atoms with van der Waals surface area (Å²) in [6, 6.07) is 11.1. The lowest BCUT2D eigenvalue weighted by atomic mass is 10.2. The van der Waals surface area contributed by atoms with Gasteiger partial charge in [-0.2, -0.15) is 0 Å². The first kappa shape index (κ1) is 21.5. The van der Waals surface area contributed by atoms with E-state index in [1.807, 2.05) is 25.1 Å². The molecule has 1 aliphatic heterocycles. The summed E-state index contributed by atoms with van der Waals surface area (Å²) in [5.41, 5.74) is 3.96. The number of hydrogen-bond acceptors (Lipinski definition) is 6. The van der Waals surface area contributed by atoms with E-state index < -0.39 is 0 Å². The Hall–Kier alpha value is -3.72. The zero-order valence-corrected chi connectivity index (χ0v) is 18.3. The van der Waals surface area contributed by atoms with E-state index in [1.165, 1.54) is 0 Å². The van der Waals surface area contributed by atoms with Crippen LogP contribution in [0, 0.1) is 6.92 Å². The number of piperazine rings is 1. The summed E-state index contributed by atoms with van der Waals surface area (Å²) in [7, 11) is 1.61. The molecule has 9 nitrogen and oxygen atoms in total. The van der Waals surface area contributed by atoms with Gasteiger partial charge >= 0.3 is 0 Å². The van der Waals surface area contributed by atoms with E-state index in [9.17, 15) is 9.59 Å². The number of nitrogens with one attached hydrogen (secondary N) is 3. The molecule has 0 aliphatic carbocycles. The molecule has 0 radical (unpaired) electrons. The summed E-state index contributed by atoms with van der Waals surface area (Å²) < 4.78 is 0. The number of nitrogens with zero attached hydrogens (tertiary/aromatic N) is 4. The van der Waals surface area contributed by atoms with Crippen molar-refractivity contribution >= 4 is 23.3 Å². The molecular weight excluding hydrogens is 406 g/mol. The van der Waals surface area contributed by atoms with Gasteiger partial charge in [-0.3, -0.25) is 14.5 Å². The summed E-state index contributed by atoms with van der Waals surface area (Å²) in [4.78, 5) is 40.3. The van der Waals surface area contributed by atoms with Crippen molar-refractivity contribution in [2.24, 2.45) is 0 Å². The van der Waals surface area contributed by atoms with Crippen LogP contribution in [-0.4, -0.2) is 64.9 Å². The Morgan fingerprint density at radius 3 is 2.59 bits per heavy atom. The van der Waals surface area contributed by atoms with Crippen molar-refractivity contribution in [1.82, 2.24) is 25.2 Å². The summed E-state index contributed by atoms with van der Waals surface area (Å²) in [5, 5.41) is 5.44. The van der Waals surface area contributed by atoms with Gasteiger partial charge < -0.3 is 20.5 Å². The van der Waals surface area contributed by atoms with Crippen LogP contribution in [0.2, 0.25) is 0 Å². The summed E-state index contributed by atoms with van der Waals surface area (Å²) >= 11 is 0. The Morgan fingerprint density at radius 1 is 1.09 bits per heavy atom. The van der Waals surface area contributed by atoms with Gasteiger partial charge in [-0.25, -0.2) is 9.97 Å². The molecular formula is C23H27N7O2. The highest BCUT2D eigenvalue weighted by atomic mass is 16.2. The van der Waals surface area contributed by atoms with Crippen molar-refractivity contribution in [3.8, 4) is 0 Å². The third kappa shape index (κ3) is 4.94. The van der Waals surface area contributed by atoms with Crippen LogP contribution in [0.4, 0.5) is 11.5 Å². The van der Waals surface area contributed by atoms with Crippen LogP contribution < -0.4 is 15.5 Å². The lowest BCUT2D eigenvalue weighted by molar-refractivity contribution is 0.0957. The Labute approximate surface area is 186 Å². The van der Waals surface area contributed by atoms with Crippen molar-refractivity contribution in [1.29, 1.82) is 0 Å². The fourth-order valence-corrected chi connectivity index (χ4v) is 3.84. The molecule has 1 saturated heterocycles. The van der Waals surface area contributed by atoms with E-state index in [4.69, 9.17) is 0 Å². The van der Waals surface area contributed by atoms with Gasteiger partial charge in [0.2, 0.25) is 0 Å². The Balaban J connectivity index is 1.33. The van der Waals surface area contributed by atoms with Crippen LogP contribution >= 0.6 is 0 Å². The molecule has 0 unspecified atom stereocenters. The normalized spacial score (nSPS) is 14.2. The molecule has 3 aromatic heterocycles. The average molecular weight is 434 g/mol. The van der Waals surface area contributed by atoms with Crippen molar-refractivity contribution < 1.29 is 9.59 Å². The lowest BCUT2D eigenvalue weighted by Gasteiger charge is -2.36. The van der Waals surface area contributed by atoms with Crippen LogP contribution in [0.1, 0.15) is 32.2 Å². The van der Waals surface area contributed by atoms with Crippen LogP contribution in [0.5, 0.6) is 0 Å². The van der Waals surface area contributed by atoms with Crippen LogP contribution in [0.25, 0.3) is 0 Å². The van der Waals surface area contributed by atoms with Gasteiger partial charge in [-0.15, -0.1) is 0 Å². The summed E-state index contributed by atoms with van der Waals surface area (Å²) in [5.74, 6) is 0.156. The zero-order chi connectivity index (χ0) is 22.5. The molecule has 0 spiro atoms. The van der Waals surface area contributed by atoms with Crippen LogP contribution in [-0.2, 0) is 6.54 Å². The molecule has 3 aromatic rings. The molecule has 3 N–H and O–H groups in total. The largest absolute Gasteiger partial charge is 0.368 e. The molecule has 0 atom stereocenters. The Morgan fingerprint density at radius 2 is 1.91 bits per heavy atom. The topological polar surface area (TPSA) is 106 Å². The molecule has 0 aromatic carbocycles. The summed E-state index contributed by atoms with van der Waals surface area (Å²) in [6.07, 6.45) is 3.44. The van der Waals surface area contributed by atoms with Gasteiger partial charge in [0.25, 0.3) is 11.8 Å². The first-order valence-electron chi connectivity index (χ1n) is 10.6. The molecule has 0 saturated carbocycles. The molecule has 1 fully saturated rings. The van der Waals surface area contributed by atoms with Gasteiger partial charge in [-0.1, -0.05) is 0 Å². The number of anilines is 2. The molecule has 166 valence electrons. The van der Waals surface area contributed by atoms with Gasteiger partial charge in [0, 0.05) is 52.2 Å². The maximum atomic E-state index is 12.2. The van der Waals surface area contributed by atoms with Crippen molar-refractivity contribution in [2.45, 2.75) is 13.5 Å². The Bertz CT molecular complexity index is 1090. The predicted molar refractivity (Wildman–Crippen MR) is 123 cm³/mol. The number of amides is 2. The smallest absolute Gasteiger partial charge is 0.273 e. The van der Waals surface area contributed by atoms with E-state index in [1.54, 1.807) is 37.6 Å². The highest BCUT2D eigenvalue weighted by Crippen LogP contribution is 2.21. The minimum absolute atomic E-state index is 0.176. The van der Waals surface area contributed by atoms with E-state index in [-0.39, 0.29) is 11.8 Å². The predicted octanol–water partition coefficient (Wildman–Crippen LogP) is 2.05. The highest BCUT2D eigenvalue weighted by molar-refractivity contribution is 6.02. The molecule has 9 heteroatoms. The zero-order valence-electron chi connectivity index (χ0n) is 18.3. The SMILES string of the molecule is CNC(=O)c1ccc(N2CCN(Cc3ccnc(NC(=O)c4ccc[nH]4)c3)CC2)c(C)n1. The van der Waals surface area contributed by atoms with E-state index in [0.717, 1.165) is 49.7 Å². The second kappa shape index (κ2) is 9.61. The van der Waals surface area contributed by atoms with Gasteiger partial charge in [-0.05, 0) is 48.9 Å². The third-order valence-corrected chi connectivity index (χ3v) is 5.55. The second-order valence-corrected chi connectivity index (χ2v) is 7.73. The van der Waals surface area contributed by atoms with E-state index >= 15 is 0 Å². The first-order valence-corrected chi connectivity index (χ1v) is 10.6. The number of hydrogen-bond donors (Lipinski definition) is 3. The van der Waals surface area contributed by atoms with E-state index in [0.29, 0.717) is 17.2 Å².